The van der Waals surface area contributed by atoms with Gasteiger partial charge in [0.25, 0.3) is 0 Å². The van der Waals surface area contributed by atoms with Gasteiger partial charge in [0.2, 0.25) is 0 Å². The Balaban J connectivity index is 1.97. The molecule has 1 atom stereocenters. The SMILES string of the molecule is NC[C@@H]1CCCN1Cc1ccccc1. The fourth-order valence-electron chi connectivity index (χ4n) is 2.19. The van der Waals surface area contributed by atoms with Gasteiger partial charge in [0.1, 0.15) is 0 Å². The summed E-state index contributed by atoms with van der Waals surface area (Å²) >= 11 is 0. The first kappa shape index (κ1) is 9.69. The highest BCUT2D eigenvalue weighted by atomic mass is 15.2. The van der Waals surface area contributed by atoms with Crippen LogP contribution in [0.3, 0.4) is 0 Å². The van der Waals surface area contributed by atoms with Crippen molar-refractivity contribution in [3.63, 3.8) is 0 Å². The second-order valence-corrected chi connectivity index (χ2v) is 3.99. The van der Waals surface area contributed by atoms with Crippen molar-refractivity contribution >= 4 is 0 Å². The van der Waals surface area contributed by atoms with Crippen molar-refractivity contribution in [2.24, 2.45) is 5.73 Å². The minimum absolute atomic E-state index is 0.607. The highest BCUT2D eigenvalue weighted by molar-refractivity contribution is 5.14. The molecule has 2 nitrogen and oxygen atoms in total. The van der Waals surface area contributed by atoms with Gasteiger partial charge in [0.05, 0.1) is 0 Å². The Bertz CT molecular complexity index is 271. The van der Waals surface area contributed by atoms with E-state index in [1.54, 1.807) is 0 Å². The number of nitrogens with two attached hydrogens (primary N) is 1. The molecule has 0 amide bonds. The van der Waals surface area contributed by atoms with Gasteiger partial charge in [-0.15, -0.1) is 0 Å². The molecule has 0 aromatic heterocycles. The van der Waals surface area contributed by atoms with Crippen LogP contribution in [0.4, 0.5) is 0 Å². The summed E-state index contributed by atoms with van der Waals surface area (Å²) in [6, 6.07) is 11.2. The van der Waals surface area contributed by atoms with Crippen molar-refractivity contribution in [2.75, 3.05) is 13.1 Å². The van der Waals surface area contributed by atoms with E-state index in [0.717, 1.165) is 13.1 Å². The molecule has 2 N–H and O–H groups in total. The molecule has 1 fully saturated rings. The van der Waals surface area contributed by atoms with E-state index < -0.39 is 0 Å². The Morgan fingerprint density at radius 3 is 2.79 bits per heavy atom. The van der Waals surface area contributed by atoms with Gasteiger partial charge in [-0.3, -0.25) is 4.90 Å². The Morgan fingerprint density at radius 2 is 2.07 bits per heavy atom. The normalized spacial score (nSPS) is 22.8. The summed E-state index contributed by atoms with van der Waals surface area (Å²) in [6.45, 7) is 3.06. The van der Waals surface area contributed by atoms with Gasteiger partial charge in [-0.05, 0) is 24.9 Å². The lowest BCUT2D eigenvalue weighted by Crippen LogP contribution is -2.34. The van der Waals surface area contributed by atoms with E-state index in [1.165, 1.54) is 24.9 Å². The van der Waals surface area contributed by atoms with Gasteiger partial charge in [-0.25, -0.2) is 0 Å². The third-order valence-electron chi connectivity index (χ3n) is 3.00. The number of hydrogen-bond acceptors (Lipinski definition) is 2. The number of hydrogen-bond donors (Lipinski definition) is 1. The van der Waals surface area contributed by atoms with Crippen molar-refractivity contribution in [1.29, 1.82) is 0 Å². The van der Waals surface area contributed by atoms with E-state index in [2.05, 4.69) is 35.2 Å². The second kappa shape index (κ2) is 4.58. The molecule has 1 aliphatic heterocycles. The predicted octanol–water partition coefficient (Wildman–Crippen LogP) is 1.61. The van der Waals surface area contributed by atoms with E-state index in [-0.39, 0.29) is 0 Å². The highest BCUT2D eigenvalue weighted by Gasteiger charge is 2.22. The van der Waals surface area contributed by atoms with E-state index in [9.17, 15) is 0 Å². The summed E-state index contributed by atoms with van der Waals surface area (Å²) in [7, 11) is 0. The predicted molar refractivity (Wildman–Crippen MR) is 58.9 cm³/mol. The lowest BCUT2D eigenvalue weighted by atomic mass is 10.2. The van der Waals surface area contributed by atoms with Crippen LogP contribution in [0.1, 0.15) is 18.4 Å². The lowest BCUT2D eigenvalue weighted by Gasteiger charge is -2.22. The molecule has 0 spiro atoms. The minimum Gasteiger partial charge on any atom is -0.329 e. The van der Waals surface area contributed by atoms with Crippen LogP contribution in [0.15, 0.2) is 30.3 Å². The maximum atomic E-state index is 5.74. The molecule has 1 aliphatic rings. The maximum Gasteiger partial charge on any atom is 0.0237 e. The molecule has 1 aromatic carbocycles. The molecule has 0 aliphatic carbocycles. The molecule has 0 bridgehead atoms. The third kappa shape index (κ3) is 2.14. The molecule has 2 heteroatoms. The molecule has 1 aromatic rings. The van der Waals surface area contributed by atoms with Crippen molar-refractivity contribution in [3.8, 4) is 0 Å². The van der Waals surface area contributed by atoms with Gasteiger partial charge in [0, 0.05) is 19.1 Å². The van der Waals surface area contributed by atoms with E-state index in [0.29, 0.717) is 6.04 Å². The average Bonchev–Trinajstić information content (AvgIpc) is 2.67. The van der Waals surface area contributed by atoms with Crippen molar-refractivity contribution in [2.45, 2.75) is 25.4 Å². The van der Waals surface area contributed by atoms with Gasteiger partial charge < -0.3 is 5.73 Å². The molecule has 76 valence electrons. The quantitative estimate of drug-likeness (QED) is 0.784. The van der Waals surface area contributed by atoms with E-state index in [1.807, 2.05) is 0 Å². The van der Waals surface area contributed by atoms with Gasteiger partial charge >= 0.3 is 0 Å². The summed E-state index contributed by atoms with van der Waals surface area (Å²) in [4.78, 5) is 2.50. The second-order valence-electron chi connectivity index (χ2n) is 3.99. The molecular formula is C12H18N2. The Hall–Kier alpha value is -0.860. The summed E-state index contributed by atoms with van der Waals surface area (Å²) < 4.78 is 0. The zero-order chi connectivity index (χ0) is 9.80. The number of likely N-dealkylation sites (tertiary alicyclic amines) is 1. The third-order valence-corrected chi connectivity index (χ3v) is 3.00. The van der Waals surface area contributed by atoms with Gasteiger partial charge in [-0.1, -0.05) is 30.3 Å². The van der Waals surface area contributed by atoms with Crippen molar-refractivity contribution in [3.05, 3.63) is 35.9 Å². The first-order valence-electron chi connectivity index (χ1n) is 5.38. The lowest BCUT2D eigenvalue weighted by molar-refractivity contribution is 0.250. The number of benzene rings is 1. The van der Waals surface area contributed by atoms with Crippen LogP contribution < -0.4 is 5.73 Å². The van der Waals surface area contributed by atoms with E-state index >= 15 is 0 Å². The maximum absolute atomic E-state index is 5.74. The van der Waals surface area contributed by atoms with Crippen LogP contribution in [0.25, 0.3) is 0 Å². The van der Waals surface area contributed by atoms with Crippen LogP contribution >= 0.6 is 0 Å². The zero-order valence-electron chi connectivity index (χ0n) is 8.52. The standard InChI is InChI=1S/C12H18N2/c13-9-12-7-4-8-14(12)10-11-5-2-1-3-6-11/h1-3,5-6,12H,4,7-10,13H2/t12-/m0/s1. The Morgan fingerprint density at radius 1 is 1.29 bits per heavy atom. The van der Waals surface area contributed by atoms with Crippen molar-refractivity contribution < 1.29 is 0 Å². The Kier molecular flexibility index (Phi) is 3.17. The first-order valence-corrected chi connectivity index (χ1v) is 5.38. The van der Waals surface area contributed by atoms with Crippen molar-refractivity contribution in [1.82, 2.24) is 4.90 Å². The van der Waals surface area contributed by atoms with Gasteiger partial charge in [-0.2, -0.15) is 0 Å². The molecule has 0 unspecified atom stereocenters. The smallest absolute Gasteiger partial charge is 0.0237 e. The topological polar surface area (TPSA) is 29.3 Å². The fraction of sp³-hybridized carbons (Fsp3) is 0.500. The minimum atomic E-state index is 0.607. The summed E-state index contributed by atoms with van der Waals surface area (Å²) in [5, 5.41) is 0. The van der Waals surface area contributed by atoms with Gasteiger partial charge in [0.15, 0.2) is 0 Å². The Labute approximate surface area is 85.7 Å². The van der Waals surface area contributed by atoms with E-state index in [4.69, 9.17) is 5.73 Å². The molecular weight excluding hydrogens is 172 g/mol. The summed E-state index contributed by atoms with van der Waals surface area (Å²) in [6.07, 6.45) is 2.57. The summed E-state index contributed by atoms with van der Waals surface area (Å²) in [5.74, 6) is 0. The monoisotopic (exact) mass is 190 g/mol. The highest BCUT2D eigenvalue weighted by Crippen LogP contribution is 2.18. The van der Waals surface area contributed by atoms with Crippen LogP contribution in [-0.4, -0.2) is 24.0 Å². The molecule has 1 saturated heterocycles. The molecule has 0 radical (unpaired) electrons. The van der Waals surface area contributed by atoms with Crippen LogP contribution in [0.2, 0.25) is 0 Å². The number of rotatable bonds is 3. The molecule has 1 heterocycles. The number of nitrogens with zero attached hydrogens (tertiary/aromatic N) is 1. The fourth-order valence-corrected chi connectivity index (χ4v) is 2.19. The summed E-state index contributed by atoms with van der Waals surface area (Å²) in [5.41, 5.74) is 7.13. The first-order chi connectivity index (χ1) is 6.90. The largest absolute Gasteiger partial charge is 0.329 e. The van der Waals surface area contributed by atoms with Crippen LogP contribution in [-0.2, 0) is 6.54 Å². The molecule has 2 rings (SSSR count). The average molecular weight is 190 g/mol. The molecule has 0 saturated carbocycles. The molecule has 14 heavy (non-hydrogen) atoms. The van der Waals surface area contributed by atoms with Crippen LogP contribution in [0, 0.1) is 0 Å². The zero-order valence-corrected chi connectivity index (χ0v) is 8.52. The van der Waals surface area contributed by atoms with Crippen LogP contribution in [0.5, 0.6) is 0 Å².